The Kier molecular flexibility index (Phi) is 32.7. The number of halogens is 1. The highest BCUT2D eigenvalue weighted by Crippen LogP contribution is 2.47. The molecule has 0 radical (unpaired) electrons. The van der Waals surface area contributed by atoms with Gasteiger partial charge >= 0.3 is 37.3 Å². The molecular weight excluding hydrogens is 1610 g/mol. The third-order valence-corrected chi connectivity index (χ3v) is 22.1. The lowest BCUT2D eigenvalue weighted by atomic mass is 9.78. The molecule has 4 aliphatic rings. The van der Waals surface area contributed by atoms with Gasteiger partial charge in [0.05, 0.1) is 69.8 Å². The van der Waals surface area contributed by atoms with Gasteiger partial charge in [0.25, 0.3) is 0 Å². The first-order valence-electron chi connectivity index (χ1n) is 42.0. The molecule has 6 aromatic carbocycles. The summed E-state index contributed by atoms with van der Waals surface area (Å²) in [6.07, 6.45) is 4.48. The Morgan fingerprint density at radius 2 is 0.800 bits per heavy atom. The molecule has 670 valence electrons. The van der Waals surface area contributed by atoms with E-state index in [1.165, 1.54) is 25.3 Å². The fraction of sp³-hybridized carbons (Fsp3) is 0.443. The normalized spacial score (nSPS) is 19.9. The van der Waals surface area contributed by atoms with Crippen LogP contribution in [0.4, 0.5) is 14.4 Å². The van der Waals surface area contributed by atoms with Gasteiger partial charge in [-0.25, -0.2) is 24.0 Å². The van der Waals surface area contributed by atoms with Crippen molar-refractivity contribution in [2.24, 2.45) is 22.6 Å². The van der Waals surface area contributed by atoms with Gasteiger partial charge in [0.15, 0.2) is 11.5 Å². The summed E-state index contributed by atoms with van der Waals surface area (Å²) in [5.74, 6) is -1.75. The molecule has 4 fully saturated rings. The van der Waals surface area contributed by atoms with Crippen LogP contribution in [0.25, 0.3) is 22.5 Å². The molecule has 28 heteroatoms. The molecule has 0 unspecified atom stereocenters. The van der Waals surface area contributed by atoms with Crippen molar-refractivity contribution in [3.63, 3.8) is 0 Å². The summed E-state index contributed by atoms with van der Waals surface area (Å²) in [5.41, 5.74) is 18.8. The highest BCUT2D eigenvalue weighted by molar-refractivity contribution is 6.62. The minimum atomic E-state index is -1.12. The number of allylic oxidation sites excluding steroid dienone is 2. The van der Waals surface area contributed by atoms with Crippen molar-refractivity contribution in [1.82, 2.24) is 35.1 Å². The zero-order chi connectivity index (χ0) is 92.6. The Labute approximate surface area is 741 Å². The zero-order valence-corrected chi connectivity index (χ0v) is 76.6. The molecule has 26 nitrogen and oxygen atoms in total. The monoisotopic (exact) mass is 1730 g/mol. The number of carbonyl (C=O) groups is 6. The molecule has 0 bridgehead atoms. The van der Waals surface area contributed by atoms with Crippen LogP contribution in [0.15, 0.2) is 211 Å². The van der Waals surface area contributed by atoms with Crippen molar-refractivity contribution in [2.75, 3.05) is 26.7 Å². The molecule has 0 saturated carbocycles. The Balaban J connectivity index is 0.000000213. The van der Waals surface area contributed by atoms with Gasteiger partial charge in [0, 0.05) is 81.2 Å². The lowest BCUT2D eigenvalue weighted by Gasteiger charge is -2.45. The quantitative estimate of drug-likeness (QED) is 0.00595. The number of carboxylic acids is 1. The lowest BCUT2D eigenvalue weighted by molar-refractivity contribution is -0.136. The van der Waals surface area contributed by atoms with Gasteiger partial charge in [-0.05, 0) is 191 Å². The molecule has 125 heavy (non-hydrogen) atoms. The first kappa shape index (κ1) is 99.5. The van der Waals surface area contributed by atoms with E-state index in [1.54, 1.807) is 68.4 Å². The zero-order valence-electron chi connectivity index (χ0n) is 75.9. The van der Waals surface area contributed by atoms with E-state index in [1.807, 2.05) is 260 Å². The molecule has 6 heterocycles. The number of aliphatic hydroxyl groups is 3. The standard InChI is InChI=1S/C32H39N3O4.C28H38BNO5.C27H29N3O5.C6H9ClN2O2.C4H11N/c1-22(35-19-18-32(39-29(35)37,21-31(5,6)38)25-10-8-7-9-11-25)23-12-14-24(15-13-23)26-16-17-27(34-33-26)28(36)20-30(2,3)4;1-20(21-13-15-23(16-14-21)29-34-26(4,5)27(6,7)35-29)30-18-17-28(33-24(30)31,19-25(2,3)32)22-11-9-8-10-12-22;1-18(19-9-11-20(12-10-19)22-13-14-23(24(31)32)29-28-22)30-16-15-27(35-25(30)33,17-26(2,3)34)21-7-5-4-6-8-21;1-11-6(10)4(8)2-3-5(7)9;1-4(2,3)5/h7-17,22,38H,18-21H2,1-6H3;8-16,20,32H,17-19H2,1-7H3;4-14,18,34H,15-17H2,1-3H3,(H,31,32);2-3H,8-9H2,1H3;5H2,1-3H3/b;;;4-2-,5-3-;/t22-,32-;20-,28-;18-,27-;;/m000../s1. The smallest absolute Gasteiger partial charge is 0.476 e. The SMILES string of the molecule is CC(C)(C)N.COC(=O)/C(N)=C/C=C(\N)Cl.C[C@@H](c1ccc(-c2ccc(C(=O)CC(C)(C)C)nn2)cc1)N1CC[C@](CC(C)(C)O)(c2ccccc2)OC1=O.C[C@@H](c1ccc(-c2ccc(C(=O)O)nn2)cc1)N1CC[C@](CC(C)(C)O)(c2ccccc2)OC1=O.C[C@@H](c1ccc(B2OC(C)(C)C(C)(C)O2)cc1)N1CC[C@](CC(C)(C)O)(c2ccccc2)OC1=O. The third-order valence-electron chi connectivity index (χ3n) is 22.0. The lowest BCUT2D eigenvalue weighted by Crippen LogP contribution is -2.51. The number of ketones is 1. The van der Waals surface area contributed by atoms with Crippen LogP contribution in [0.2, 0.25) is 0 Å². The van der Waals surface area contributed by atoms with E-state index in [9.17, 15) is 44.1 Å². The van der Waals surface area contributed by atoms with Gasteiger partial charge in [-0.1, -0.05) is 196 Å². The van der Waals surface area contributed by atoms with Gasteiger partial charge in [-0.3, -0.25) is 4.79 Å². The van der Waals surface area contributed by atoms with Crippen LogP contribution in [0.5, 0.6) is 0 Å². The molecule has 8 aromatic rings. The Bertz CT molecular complexity index is 4970. The van der Waals surface area contributed by atoms with Gasteiger partial charge < -0.3 is 80.6 Å². The van der Waals surface area contributed by atoms with Crippen LogP contribution in [0.1, 0.15) is 249 Å². The van der Waals surface area contributed by atoms with Crippen molar-refractivity contribution >= 4 is 60.2 Å². The number of nitrogens with two attached hydrogens (primary N) is 3. The molecule has 0 aliphatic carbocycles. The summed E-state index contributed by atoms with van der Waals surface area (Å²) >= 11 is 5.26. The second kappa shape index (κ2) is 41.0. The number of amides is 3. The Hall–Kier alpha value is -10.9. The van der Waals surface area contributed by atoms with Gasteiger partial charge in [-0.2, -0.15) is 0 Å². The molecule has 4 aliphatic heterocycles. The maximum Gasteiger partial charge on any atom is 0.494 e. The van der Waals surface area contributed by atoms with Crippen molar-refractivity contribution in [2.45, 2.75) is 245 Å². The van der Waals surface area contributed by atoms with Gasteiger partial charge in [0.2, 0.25) is 0 Å². The second-order valence-corrected chi connectivity index (χ2v) is 38.1. The van der Waals surface area contributed by atoms with E-state index in [0.29, 0.717) is 81.7 Å². The van der Waals surface area contributed by atoms with Crippen LogP contribution >= 0.6 is 11.6 Å². The number of aromatic nitrogens is 4. The fourth-order valence-corrected chi connectivity index (χ4v) is 15.2. The number of Topliss-reactive ketones (excluding diaryl/α,β-unsaturated/α-hetero) is 1. The molecule has 4 saturated heterocycles. The molecule has 2 aromatic heterocycles. The second-order valence-electron chi connectivity index (χ2n) is 37.6. The topological polar surface area (TPSA) is 378 Å². The predicted octanol–water partition coefficient (Wildman–Crippen LogP) is 17.3. The number of hydrogen-bond acceptors (Lipinski definition) is 22. The number of aromatic carboxylic acids is 1. The van der Waals surface area contributed by atoms with Crippen LogP contribution in [-0.4, -0.2) is 159 Å². The number of ether oxygens (including phenoxy) is 4. The van der Waals surface area contributed by atoms with Crippen molar-refractivity contribution in [3.05, 3.63) is 256 Å². The molecule has 6 atom stereocenters. The molecule has 10 N–H and O–H groups in total. The van der Waals surface area contributed by atoms with Crippen LogP contribution in [0.3, 0.4) is 0 Å². The highest BCUT2D eigenvalue weighted by Gasteiger charge is 2.53. The first-order valence-corrected chi connectivity index (χ1v) is 42.4. The van der Waals surface area contributed by atoms with E-state index in [-0.39, 0.29) is 57.5 Å². The third kappa shape index (κ3) is 28.0. The maximum atomic E-state index is 13.3. The predicted molar refractivity (Wildman–Crippen MR) is 485 cm³/mol. The van der Waals surface area contributed by atoms with E-state index in [4.69, 9.17) is 57.4 Å². The summed E-state index contributed by atoms with van der Waals surface area (Å²) < 4.78 is 35.0. The number of hydrogen-bond donors (Lipinski definition) is 7. The summed E-state index contributed by atoms with van der Waals surface area (Å²) in [6.45, 7) is 38.0. The molecule has 0 spiro atoms. The first-order chi connectivity index (χ1) is 58.1. The number of methoxy groups -OCH3 is 1. The molecular formula is C97H126BClN10O16. The van der Waals surface area contributed by atoms with E-state index in [2.05, 4.69) is 25.1 Å². The highest BCUT2D eigenvalue weighted by atomic mass is 35.5. The van der Waals surface area contributed by atoms with Crippen molar-refractivity contribution in [1.29, 1.82) is 0 Å². The largest absolute Gasteiger partial charge is 0.494 e. The number of cyclic esters (lactones) is 3. The number of carboxylic acid groups (broad SMARTS) is 1. The Morgan fingerprint density at radius 3 is 1.06 bits per heavy atom. The molecule has 12 rings (SSSR count). The maximum absolute atomic E-state index is 13.3. The summed E-state index contributed by atoms with van der Waals surface area (Å²) in [7, 11) is 0.814. The van der Waals surface area contributed by atoms with Crippen LogP contribution in [-0.2, 0) is 49.9 Å². The van der Waals surface area contributed by atoms with Crippen molar-refractivity contribution < 1.29 is 77.4 Å². The fourth-order valence-electron chi connectivity index (χ4n) is 15.2. The summed E-state index contributed by atoms with van der Waals surface area (Å²) in [4.78, 5) is 79.0. The number of esters is 1. The van der Waals surface area contributed by atoms with E-state index >= 15 is 0 Å². The average molecular weight is 1730 g/mol. The number of benzene rings is 6. The van der Waals surface area contributed by atoms with Gasteiger partial charge in [0.1, 0.15) is 28.2 Å². The van der Waals surface area contributed by atoms with Crippen LogP contribution in [0, 0.1) is 5.41 Å². The summed E-state index contributed by atoms with van der Waals surface area (Å²) in [6, 6.07) is 58.5. The van der Waals surface area contributed by atoms with Gasteiger partial charge in [-0.15, -0.1) is 20.4 Å². The van der Waals surface area contributed by atoms with E-state index in [0.717, 1.165) is 50.0 Å². The minimum absolute atomic E-state index is 0. The summed E-state index contributed by atoms with van der Waals surface area (Å²) in [5, 5.41) is 56.9. The molecule has 3 amide bonds. The number of nitrogens with zero attached hydrogens (tertiary/aromatic N) is 7. The minimum Gasteiger partial charge on any atom is -0.476 e. The van der Waals surface area contributed by atoms with E-state index < -0.39 is 76.1 Å². The Morgan fingerprint density at radius 1 is 0.488 bits per heavy atom. The number of carbonyl (C=O) groups excluding carboxylic acids is 5. The number of rotatable bonds is 23. The van der Waals surface area contributed by atoms with Crippen LogP contribution < -0.4 is 22.7 Å². The average Bonchev–Trinajstić information content (AvgIpc) is 1.76. The van der Waals surface area contributed by atoms with Crippen molar-refractivity contribution in [3.8, 4) is 22.5 Å².